The smallest absolute Gasteiger partial charge is 0.449 e. The Morgan fingerprint density at radius 3 is 2.09 bits per heavy atom. The molecule has 3 aromatic carbocycles. The van der Waals surface area contributed by atoms with Crippen LogP contribution >= 0.6 is 11.6 Å². The fourth-order valence-corrected chi connectivity index (χ4v) is 5.44. The van der Waals surface area contributed by atoms with E-state index in [0.717, 1.165) is 5.56 Å². The number of hydrogen-bond acceptors (Lipinski definition) is 6. The number of rotatable bonds is 10. The van der Waals surface area contributed by atoms with Gasteiger partial charge in [0.15, 0.2) is 0 Å². The lowest BCUT2D eigenvalue weighted by atomic mass is 9.87. The number of aryl methyl sites for hydroxylation is 1. The first-order chi connectivity index (χ1) is 21.8. The fourth-order valence-electron chi connectivity index (χ4n) is 5.33. The van der Waals surface area contributed by atoms with Crippen LogP contribution in [0.1, 0.15) is 81.3 Å². The van der Waals surface area contributed by atoms with E-state index in [0.29, 0.717) is 23.7 Å². The summed E-state index contributed by atoms with van der Waals surface area (Å²) in [6.07, 6.45) is -5.08. The minimum Gasteiger partial charge on any atom is -0.449 e. The summed E-state index contributed by atoms with van der Waals surface area (Å²) < 4.78 is 60.7. The number of hydrogen-bond donors (Lipinski definition) is 0. The van der Waals surface area contributed by atoms with Gasteiger partial charge in [-0.1, -0.05) is 72.2 Å². The Labute approximate surface area is 278 Å². The van der Waals surface area contributed by atoms with E-state index in [1.165, 1.54) is 30.3 Å². The fraction of sp³-hybridized carbons (Fsp3) is 0.405. The number of alkyl halides is 3. The van der Waals surface area contributed by atoms with E-state index in [1.807, 2.05) is 44.7 Å². The van der Waals surface area contributed by atoms with E-state index in [9.17, 15) is 22.8 Å². The van der Waals surface area contributed by atoms with Crippen LogP contribution in [-0.2, 0) is 18.1 Å². The van der Waals surface area contributed by atoms with Gasteiger partial charge < -0.3 is 13.9 Å². The van der Waals surface area contributed by atoms with Crippen LogP contribution in [0, 0.1) is 18.8 Å². The van der Waals surface area contributed by atoms with Gasteiger partial charge in [-0.25, -0.2) is 4.79 Å². The Hall–Kier alpha value is -3.82. The summed E-state index contributed by atoms with van der Waals surface area (Å²) in [4.78, 5) is 29.2. The molecule has 0 saturated heterocycles. The average molecular weight is 672 g/mol. The van der Waals surface area contributed by atoms with E-state index in [4.69, 9.17) is 25.5 Å². The Kier molecular flexibility index (Phi) is 10.8. The second kappa shape index (κ2) is 14.1. The lowest BCUT2D eigenvalue weighted by Crippen LogP contribution is -2.31. The molecule has 0 spiro atoms. The van der Waals surface area contributed by atoms with Crippen LogP contribution in [-0.4, -0.2) is 24.0 Å². The summed E-state index contributed by atoms with van der Waals surface area (Å²) in [6, 6.07) is 14.0. The molecular weight excluding hydrogens is 631 g/mol. The molecule has 6 nitrogen and oxygen atoms in total. The lowest BCUT2D eigenvalue weighted by molar-refractivity contribution is -0.154. The number of carbonyl (C=O) groups is 1. The number of fused-ring (bicyclic) bond motifs is 1. The number of benzene rings is 3. The van der Waals surface area contributed by atoms with E-state index in [1.54, 1.807) is 19.1 Å². The third kappa shape index (κ3) is 8.76. The largest absolute Gasteiger partial charge is 0.453 e. The van der Waals surface area contributed by atoms with Crippen LogP contribution < -0.4 is 14.9 Å². The molecule has 252 valence electrons. The first-order valence-electron chi connectivity index (χ1n) is 15.5. The first kappa shape index (κ1) is 36.0. The maximum absolute atomic E-state index is 14.6. The molecule has 1 heterocycles. The molecule has 0 N–H and O–H groups in total. The summed E-state index contributed by atoms with van der Waals surface area (Å²) in [5.41, 5.74) is 0.527. The zero-order valence-electron chi connectivity index (χ0n) is 28.0. The van der Waals surface area contributed by atoms with Crippen molar-refractivity contribution < 1.29 is 31.9 Å². The van der Waals surface area contributed by atoms with Gasteiger partial charge in [-0.15, -0.1) is 0 Å². The van der Waals surface area contributed by atoms with Crippen molar-refractivity contribution in [1.29, 1.82) is 0 Å². The molecule has 0 bridgehead atoms. The molecule has 0 amide bonds. The van der Waals surface area contributed by atoms with E-state index >= 15 is 0 Å². The molecule has 0 saturated carbocycles. The molecule has 0 aliphatic heterocycles. The highest BCUT2D eigenvalue weighted by Gasteiger charge is 2.41. The molecule has 4 aromatic rings. The molecule has 0 atom stereocenters. The molecular formula is C37H41ClF3NO5. The standard InChI is InChI=1S/C37H41ClF3NO5/c1-21(2)18-42(19-22(3)4)20-28-30(46-35(44)24-9-11-25(12-10-24)36(6,7)8)16-14-27-31(43)33(34(37(39,40)41)47-32(27)28)45-26-13-15-29(38)23(5)17-26/h9-17,21-22H,18-20H2,1-8H3. The van der Waals surface area contributed by atoms with Gasteiger partial charge in [0.25, 0.3) is 5.76 Å². The van der Waals surface area contributed by atoms with Crippen molar-refractivity contribution in [2.75, 3.05) is 13.1 Å². The molecule has 0 radical (unpaired) electrons. The molecule has 0 aliphatic carbocycles. The summed E-state index contributed by atoms with van der Waals surface area (Å²) in [7, 11) is 0. The number of nitrogens with zero attached hydrogens (tertiary/aromatic N) is 1. The second-order valence-electron chi connectivity index (χ2n) is 13.7. The highest BCUT2D eigenvalue weighted by Crippen LogP contribution is 2.41. The number of carbonyl (C=O) groups excluding carboxylic acids is 1. The van der Waals surface area contributed by atoms with E-state index in [2.05, 4.69) is 20.8 Å². The van der Waals surface area contributed by atoms with Gasteiger partial charge in [0.2, 0.25) is 11.2 Å². The normalized spacial score (nSPS) is 12.4. The molecule has 1 aromatic heterocycles. The van der Waals surface area contributed by atoms with Crippen molar-refractivity contribution in [3.63, 3.8) is 0 Å². The van der Waals surface area contributed by atoms with Crippen LogP contribution in [0.5, 0.6) is 17.2 Å². The Morgan fingerprint density at radius 2 is 1.55 bits per heavy atom. The van der Waals surface area contributed by atoms with Crippen molar-refractivity contribution in [2.45, 2.75) is 73.5 Å². The van der Waals surface area contributed by atoms with Gasteiger partial charge in [0.05, 0.1) is 16.5 Å². The van der Waals surface area contributed by atoms with E-state index in [-0.39, 0.29) is 57.4 Å². The van der Waals surface area contributed by atoms with Gasteiger partial charge in [-0.05, 0) is 77.8 Å². The minimum atomic E-state index is -5.08. The first-order valence-corrected chi connectivity index (χ1v) is 15.9. The summed E-state index contributed by atoms with van der Waals surface area (Å²) >= 11 is 6.08. The molecule has 0 unspecified atom stereocenters. The van der Waals surface area contributed by atoms with Crippen LogP contribution in [0.2, 0.25) is 5.02 Å². The maximum atomic E-state index is 14.6. The van der Waals surface area contributed by atoms with Crippen LogP contribution in [0.25, 0.3) is 11.0 Å². The van der Waals surface area contributed by atoms with Gasteiger partial charge in [0, 0.05) is 24.7 Å². The number of ether oxygens (including phenoxy) is 2. The number of esters is 1. The van der Waals surface area contributed by atoms with Gasteiger partial charge >= 0.3 is 12.1 Å². The van der Waals surface area contributed by atoms with Crippen LogP contribution in [0.15, 0.2) is 63.8 Å². The highest BCUT2D eigenvalue weighted by atomic mass is 35.5. The predicted octanol–water partition coefficient (Wildman–Crippen LogP) is 10.2. The SMILES string of the molecule is Cc1cc(Oc2c(C(F)(F)F)oc3c(CN(CC(C)C)CC(C)C)c(OC(=O)c4ccc(C(C)(C)C)cc4)ccc3c2=O)ccc1Cl. The quantitative estimate of drug-likeness (QED) is 0.123. The lowest BCUT2D eigenvalue weighted by Gasteiger charge is -2.27. The minimum absolute atomic E-state index is 0.00169. The number of halogens is 4. The van der Waals surface area contributed by atoms with Gasteiger partial charge in [0.1, 0.15) is 17.1 Å². The zero-order chi connectivity index (χ0) is 34.8. The average Bonchev–Trinajstić information content (AvgIpc) is 2.95. The summed E-state index contributed by atoms with van der Waals surface area (Å²) in [5, 5.41) is 0.250. The monoisotopic (exact) mass is 671 g/mol. The van der Waals surface area contributed by atoms with Crippen LogP contribution in [0.4, 0.5) is 13.2 Å². The summed E-state index contributed by atoms with van der Waals surface area (Å²) in [5.74, 6) is -2.85. The molecule has 0 fully saturated rings. The van der Waals surface area contributed by atoms with Crippen LogP contribution in [0.3, 0.4) is 0 Å². The third-order valence-corrected chi connectivity index (χ3v) is 7.93. The van der Waals surface area contributed by atoms with Crippen molar-refractivity contribution in [3.8, 4) is 17.2 Å². The summed E-state index contributed by atoms with van der Waals surface area (Å²) in [6.45, 7) is 17.2. The second-order valence-corrected chi connectivity index (χ2v) is 14.1. The highest BCUT2D eigenvalue weighted by molar-refractivity contribution is 6.31. The molecule has 47 heavy (non-hydrogen) atoms. The maximum Gasteiger partial charge on any atom is 0.453 e. The van der Waals surface area contributed by atoms with Gasteiger partial charge in [-0.3, -0.25) is 9.69 Å². The zero-order valence-corrected chi connectivity index (χ0v) is 28.7. The van der Waals surface area contributed by atoms with Gasteiger partial charge in [-0.2, -0.15) is 13.2 Å². The Morgan fingerprint density at radius 1 is 0.936 bits per heavy atom. The molecule has 4 rings (SSSR count). The van der Waals surface area contributed by atoms with E-state index < -0.39 is 29.1 Å². The third-order valence-electron chi connectivity index (χ3n) is 7.50. The Bertz CT molecular complexity index is 1790. The van der Waals surface area contributed by atoms with Crippen molar-refractivity contribution in [2.24, 2.45) is 11.8 Å². The predicted molar refractivity (Wildman–Crippen MR) is 179 cm³/mol. The van der Waals surface area contributed by atoms with Crippen molar-refractivity contribution >= 4 is 28.5 Å². The Balaban J connectivity index is 1.90. The van der Waals surface area contributed by atoms with Crippen molar-refractivity contribution in [3.05, 3.63) is 97.9 Å². The molecule has 10 heteroatoms. The van der Waals surface area contributed by atoms with Crippen molar-refractivity contribution in [1.82, 2.24) is 4.90 Å². The topological polar surface area (TPSA) is 69.0 Å². The molecule has 0 aliphatic rings.